The van der Waals surface area contributed by atoms with Crippen molar-refractivity contribution in [1.29, 1.82) is 0 Å². The normalized spacial score (nSPS) is 49.4. The maximum Gasteiger partial charge on any atom is 0.335 e. The van der Waals surface area contributed by atoms with Crippen molar-refractivity contribution in [3.8, 4) is 0 Å². The molecule has 3 saturated heterocycles. The van der Waals surface area contributed by atoms with Gasteiger partial charge in [0.25, 0.3) is 0 Å². The Morgan fingerprint density at radius 3 is 1.75 bits per heavy atom. The summed E-state index contributed by atoms with van der Waals surface area (Å²) < 4.78 is 31.7. The summed E-state index contributed by atoms with van der Waals surface area (Å²) in [5, 5.41) is 79.3. The Hall–Kier alpha value is -1.05. The second-order valence-electron chi connectivity index (χ2n) is 7.96. The number of aliphatic hydroxyl groups is 7. The van der Waals surface area contributed by atoms with Crippen molar-refractivity contribution < 1.29 is 74.1 Å². The van der Waals surface area contributed by atoms with Gasteiger partial charge >= 0.3 is 5.97 Å². The molecule has 3 rings (SSSR count). The van der Waals surface area contributed by atoms with E-state index in [0.717, 1.165) is 7.11 Å². The third-order valence-corrected chi connectivity index (χ3v) is 5.74. The average Bonchev–Trinajstić information content (AvgIpc) is 3.22. The van der Waals surface area contributed by atoms with Crippen LogP contribution in [0.1, 0.15) is 0 Å². The van der Waals surface area contributed by atoms with Crippen molar-refractivity contribution >= 4 is 5.97 Å². The van der Waals surface area contributed by atoms with Crippen molar-refractivity contribution in [2.45, 2.75) is 66.7 Å². The van der Waals surface area contributed by atoms with Crippen LogP contribution in [0, 0.1) is 0 Å². The highest BCUT2D eigenvalue weighted by molar-refractivity contribution is 5.73. The maximum atomic E-state index is 11.5. The molecule has 3 aliphatic heterocycles. The zero-order valence-corrected chi connectivity index (χ0v) is 17.0. The second-order valence-corrected chi connectivity index (χ2v) is 7.96. The van der Waals surface area contributed by atoms with Crippen molar-refractivity contribution in [2.75, 3.05) is 33.5 Å². The Balaban J connectivity index is 1.85. The number of hydrogen-bond donors (Lipinski definition) is 8. The average molecular weight is 472 g/mol. The number of hydrogen-bond acceptors (Lipinski definition) is 14. The Morgan fingerprint density at radius 2 is 1.38 bits per heavy atom. The topological polar surface area (TPSA) is 234 Å². The molecular weight excluding hydrogens is 444 g/mol. The molecule has 11 atom stereocenters. The lowest BCUT2D eigenvalue weighted by Gasteiger charge is -2.44. The van der Waals surface area contributed by atoms with E-state index < -0.39 is 99.1 Å². The summed E-state index contributed by atoms with van der Waals surface area (Å²) in [6.45, 7) is -2.75. The molecule has 0 bridgehead atoms. The molecule has 8 N–H and O–H groups in total. The molecular formula is C17H28O15. The highest BCUT2D eigenvalue weighted by Crippen LogP contribution is 2.35. The molecule has 0 radical (unpaired) electrons. The van der Waals surface area contributed by atoms with Gasteiger partial charge in [-0.2, -0.15) is 0 Å². The van der Waals surface area contributed by atoms with Crippen LogP contribution in [-0.4, -0.2) is 147 Å². The molecule has 0 unspecified atom stereocenters. The maximum absolute atomic E-state index is 11.5. The summed E-state index contributed by atoms with van der Waals surface area (Å²) in [6, 6.07) is 0. The number of carboxylic acids is 1. The minimum absolute atomic E-state index is 0.500. The van der Waals surface area contributed by atoms with Gasteiger partial charge in [-0.05, 0) is 0 Å². The quantitative estimate of drug-likeness (QED) is 0.164. The SMILES string of the molecule is CO[C@H]1O[C@H](C(=O)O)[C@H](O)[C@H](O[C@@H]2OC[C@](O)(CO)[C@H]2O)[C@H]1O[C@@H]1OC[C@](O)(CO)[C@H]1O. The highest BCUT2D eigenvalue weighted by atomic mass is 16.8. The van der Waals surface area contributed by atoms with Gasteiger partial charge in [0, 0.05) is 7.11 Å². The monoisotopic (exact) mass is 472 g/mol. The van der Waals surface area contributed by atoms with Crippen LogP contribution in [0.25, 0.3) is 0 Å². The molecule has 0 aromatic rings. The van der Waals surface area contributed by atoms with Crippen LogP contribution in [-0.2, 0) is 33.2 Å². The molecule has 15 heteroatoms. The number of methoxy groups -OCH3 is 1. The van der Waals surface area contributed by atoms with Gasteiger partial charge in [0.1, 0.15) is 41.7 Å². The predicted molar refractivity (Wildman–Crippen MR) is 94.6 cm³/mol. The highest BCUT2D eigenvalue weighted by Gasteiger charge is 2.57. The second kappa shape index (κ2) is 9.67. The molecule has 0 spiro atoms. The Bertz CT molecular complexity index is 664. The van der Waals surface area contributed by atoms with Gasteiger partial charge in [0.05, 0.1) is 26.4 Å². The van der Waals surface area contributed by atoms with Crippen molar-refractivity contribution in [3.63, 3.8) is 0 Å². The summed E-state index contributed by atoms with van der Waals surface area (Å²) in [5.41, 5.74) is -4.10. The van der Waals surface area contributed by atoms with E-state index in [1.165, 1.54) is 0 Å². The summed E-state index contributed by atoms with van der Waals surface area (Å²) in [4.78, 5) is 11.5. The Kier molecular flexibility index (Phi) is 7.73. The number of ether oxygens (including phenoxy) is 6. The van der Waals surface area contributed by atoms with Crippen LogP contribution in [0.4, 0.5) is 0 Å². The van der Waals surface area contributed by atoms with E-state index in [1.807, 2.05) is 0 Å². The number of aliphatic carboxylic acids is 1. The Morgan fingerprint density at radius 1 is 0.906 bits per heavy atom. The molecule has 3 aliphatic rings. The summed E-state index contributed by atoms with van der Waals surface area (Å²) in [5.74, 6) is -1.57. The fourth-order valence-electron chi connectivity index (χ4n) is 3.65. The van der Waals surface area contributed by atoms with Crippen molar-refractivity contribution in [3.05, 3.63) is 0 Å². The molecule has 15 nitrogen and oxygen atoms in total. The van der Waals surface area contributed by atoms with Gasteiger partial charge in [0.2, 0.25) is 0 Å². The minimum atomic E-state index is -2.06. The van der Waals surface area contributed by atoms with E-state index in [9.17, 15) is 45.6 Å². The van der Waals surface area contributed by atoms with E-state index >= 15 is 0 Å². The summed E-state index contributed by atoms with van der Waals surface area (Å²) in [6.07, 6.45) is -15.1. The van der Waals surface area contributed by atoms with Gasteiger partial charge in [-0.1, -0.05) is 0 Å². The van der Waals surface area contributed by atoms with E-state index in [0.29, 0.717) is 0 Å². The number of rotatable bonds is 8. The lowest BCUT2D eigenvalue weighted by Crippen LogP contribution is -2.64. The van der Waals surface area contributed by atoms with E-state index in [4.69, 9.17) is 28.4 Å². The molecule has 0 aromatic heterocycles. The van der Waals surface area contributed by atoms with Gasteiger partial charge in [-0.3, -0.25) is 0 Å². The van der Waals surface area contributed by atoms with Crippen LogP contribution in [0.15, 0.2) is 0 Å². The minimum Gasteiger partial charge on any atom is -0.479 e. The molecule has 186 valence electrons. The molecule has 0 aliphatic carbocycles. The zero-order valence-electron chi connectivity index (χ0n) is 17.0. The first-order valence-corrected chi connectivity index (χ1v) is 9.67. The van der Waals surface area contributed by atoms with E-state index in [2.05, 4.69) is 0 Å². The van der Waals surface area contributed by atoms with Crippen molar-refractivity contribution in [2.24, 2.45) is 0 Å². The van der Waals surface area contributed by atoms with E-state index in [1.54, 1.807) is 0 Å². The number of carboxylic acid groups (broad SMARTS) is 1. The van der Waals surface area contributed by atoms with E-state index in [-0.39, 0.29) is 0 Å². The fourth-order valence-corrected chi connectivity index (χ4v) is 3.65. The smallest absolute Gasteiger partial charge is 0.335 e. The van der Waals surface area contributed by atoms with Gasteiger partial charge in [-0.25, -0.2) is 4.79 Å². The van der Waals surface area contributed by atoms with Crippen LogP contribution in [0.3, 0.4) is 0 Å². The van der Waals surface area contributed by atoms with Crippen LogP contribution < -0.4 is 0 Å². The molecule has 32 heavy (non-hydrogen) atoms. The largest absolute Gasteiger partial charge is 0.479 e. The van der Waals surface area contributed by atoms with Gasteiger partial charge in [-0.15, -0.1) is 0 Å². The first-order valence-electron chi connectivity index (χ1n) is 9.67. The Labute approximate surface area is 181 Å². The predicted octanol–water partition coefficient (Wildman–Crippen LogP) is -5.55. The first kappa shape index (κ1) is 25.6. The summed E-state index contributed by atoms with van der Waals surface area (Å²) >= 11 is 0. The summed E-state index contributed by atoms with van der Waals surface area (Å²) in [7, 11) is 1.14. The molecule has 0 saturated carbocycles. The third-order valence-electron chi connectivity index (χ3n) is 5.74. The lowest BCUT2D eigenvalue weighted by molar-refractivity contribution is -0.348. The first-order chi connectivity index (χ1) is 15.0. The van der Waals surface area contributed by atoms with Crippen molar-refractivity contribution in [1.82, 2.24) is 0 Å². The molecule has 3 fully saturated rings. The third kappa shape index (κ3) is 4.49. The number of aliphatic hydroxyl groups excluding tert-OH is 5. The van der Waals surface area contributed by atoms with Crippen LogP contribution >= 0.6 is 0 Å². The van der Waals surface area contributed by atoms with Gasteiger partial charge < -0.3 is 69.3 Å². The number of carbonyl (C=O) groups is 1. The van der Waals surface area contributed by atoms with Crippen LogP contribution in [0.2, 0.25) is 0 Å². The lowest BCUT2D eigenvalue weighted by atomic mass is 9.97. The van der Waals surface area contributed by atoms with Crippen LogP contribution in [0.5, 0.6) is 0 Å². The molecule has 0 amide bonds. The zero-order chi connectivity index (χ0) is 23.8. The molecule has 0 aromatic carbocycles. The standard InChI is InChI=1S/C17H28O15/c1-27-13-9(32-15-11(22)17(26,3-19)5-29-15)7(6(20)8(31-13)12(23)24)30-14-10(21)16(25,2-18)4-28-14/h6-11,13-15,18-22,25-26H,2-5H2,1H3,(H,23,24)/t6-,7+,8+,9-,10+,11+,13+,14+,15+,16-,17-/m1/s1. The van der Waals surface area contributed by atoms with Gasteiger partial charge in [0.15, 0.2) is 25.0 Å². The fraction of sp³-hybridized carbons (Fsp3) is 0.941. The molecule has 3 heterocycles.